The van der Waals surface area contributed by atoms with Crippen molar-refractivity contribution in [2.45, 2.75) is 37.8 Å². The highest BCUT2D eigenvalue weighted by molar-refractivity contribution is 5.75. The molecule has 1 aromatic heterocycles. The van der Waals surface area contributed by atoms with Gasteiger partial charge < -0.3 is 15.0 Å². The average molecular weight is 326 g/mol. The number of fused-ring (bicyclic) bond motifs is 1. The fourth-order valence-corrected chi connectivity index (χ4v) is 3.69. The Balaban J connectivity index is 1.51. The van der Waals surface area contributed by atoms with Crippen LogP contribution in [0.15, 0.2) is 36.7 Å². The minimum Gasteiger partial charge on any atom is -0.493 e. The first-order chi connectivity index (χ1) is 11.8. The van der Waals surface area contributed by atoms with E-state index in [4.69, 9.17) is 4.74 Å². The number of para-hydroxylation sites is 1. The number of H-pyrrole nitrogens is 1. The molecule has 0 unspecified atom stereocenters. The number of likely N-dealkylation sites (tertiary alicyclic amines) is 1. The highest BCUT2D eigenvalue weighted by Crippen LogP contribution is 2.34. The van der Waals surface area contributed by atoms with Crippen molar-refractivity contribution >= 4 is 6.03 Å². The number of hydrogen-bond acceptors (Lipinski definition) is 3. The fourth-order valence-electron chi connectivity index (χ4n) is 3.69. The molecule has 6 heteroatoms. The second-order valence-corrected chi connectivity index (χ2v) is 6.41. The van der Waals surface area contributed by atoms with E-state index in [1.807, 2.05) is 41.6 Å². The largest absolute Gasteiger partial charge is 0.493 e. The zero-order valence-corrected chi connectivity index (χ0v) is 13.6. The number of amides is 2. The minimum absolute atomic E-state index is 0.00241. The monoisotopic (exact) mass is 326 g/mol. The number of nitrogens with zero attached hydrogens (tertiary/aromatic N) is 2. The number of ether oxygens (including phenoxy) is 1. The van der Waals surface area contributed by atoms with Gasteiger partial charge in [0.05, 0.1) is 24.9 Å². The van der Waals surface area contributed by atoms with Crippen LogP contribution in [0, 0.1) is 0 Å². The number of benzene rings is 1. The van der Waals surface area contributed by atoms with Crippen molar-refractivity contribution in [2.24, 2.45) is 0 Å². The molecule has 24 heavy (non-hydrogen) atoms. The molecule has 0 aliphatic carbocycles. The number of urea groups is 1. The normalized spacial score (nSPS) is 23.2. The Morgan fingerprint density at radius 1 is 1.29 bits per heavy atom. The van der Waals surface area contributed by atoms with E-state index >= 15 is 0 Å². The van der Waals surface area contributed by atoms with Crippen LogP contribution in [0.5, 0.6) is 5.75 Å². The maximum atomic E-state index is 12.9. The van der Waals surface area contributed by atoms with Gasteiger partial charge >= 0.3 is 6.03 Å². The highest BCUT2D eigenvalue weighted by atomic mass is 16.5. The first-order valence-corrected chi connectivity index (χ1v) is 8.60. The Morgan fingerprint density at radius 3 is 3.08 bits per heavy atom. The summed E-state index contributed by atoms with van der Waals surface area (Å²) in [7, 11) is 0. The van der Waals surface area contributed by atoms with Gasteiger partial charge in [-0.15, -0.1) is 0 Å². The predicted octanol–water partition coefficient (Wildman–Crippen LogP) is 3.17. The van der Waals surface area contributed by atoms with Gasteiger partial charge in [0, 0.05) is 30.3 Å². The van der Waals surface area contributed by atoms with Crippen LogP contribution in [0.2, 0.25) is 0 Å². The first kappa shape index (κ1) is 15.1. The van der Waals surface area contributed by atoms with E-state index in [0.717, 1.165) is 49.1 Å². The number of aromatic nitrogens is 2. The van der Waals surface area contributed by atoms with Gasteiger partial charge in [-0.2, -0.15) is 5.10 Å². The van der Waals surface area contributed by atoms with Gasteiger partial charge in [-0.05, 0) is 25.3 Å². The van der Waals surface area contributed by atoms with Crippen LogP contribution in [0.3, 0.4) is 0 Å². The number of carbonyl (C=O) groups excluding carboxylic acids is 1. The van der Waals surface area contributed by atoms with E-state index < -0.39 is 0 Å². The fraction of sp³-hybridized carbons (Fsp3) is 0.444. The topological polar surface area (TPSA) is 70.2 Å². The van der Waals surface area contributed by atoms with E-state index in [-0.39, 0.29) is 18.1 Å². The number of piperidine rings is 1. The molecule has 6 nitrogen and oxygen atoms in total. The Morgan fingerprint density at radius 2 is 2.21 bits per heavy atom. The number of carbonyl (C=O) groups is 1. The van der Waals surface area contributed by atoms with Gasteiger partial charge in [0.2, 0.25) is 0 Å². The minimum atomic E-state index is 0.00241. The summed E-state index contributed by atoms with van der Waals surface area (Å²) in [5.41, 5.74) is 2.14. The third kappa shape index (κ3) is 2.84. The van der Waals surface area contributed by atoms with Gasteiger partial charge in [0.1, 0.15) is 5.75 Å². The molecule has 1 saturated heterocycles. The van der Waals surface area contributed by atoms with Gasteiger partial charge in [0.25, 0.3) is 0 Å². The zero-order chi connectivity index (χ0) is 16.4. The van der Waals surface area contributed by atoms with Crippen LogP contribution in [0.4, 0.5) is 4.79 Å². The van der Waals surface area contributed by atoms with Crippen molar-refractivity contribution < 1.29 is 9.53 Å². The predicted molar refractivity (Wildman–Crippen MR) is 89.7 cm³/mol. The van der Waals surface area contributed by atoms with Gasteiger partial charge in [-0.25, -0.2) is 4.79 Å². The van der Waals surface area contributed by atoms with Crippen LogP contribution in [-0.4, -0.2) is 34.3 Å². The molecule has 0 bridgehead atoms. The number of hydrogen-bond donors (Lipinski definition) is 2. The second-order valence-electron chi connectivity index (χ2n) is 6.41. The molecule has 2 N–H and O–H groups in total. The molecule has 4 rings (SSSR count). The maximum Gasteiger partial charge on any atom is 0.318 e. The SMILES string of the molecule is O=C(N[C@H]1CCOc2ccccc21)N1CCCC[C@H]1c1cn[nH]c1. The summed E-state index contributed by atoms with van der Waals surface area (Å²) in [5, 5.41) is 10.1. The molecule has 2 aliphatic rings. The number of rotatable bonds is 2. The standard InChI is InChI=1S/C18H22N4O2/c23-18(21-15-8-10-24-17-7-2-1-5-14(15)17)22-9-4-3-6-16(22)13-11-19-20-12-13/h1-2,5,7,11-12,15-16H,3-4,6,8-10H2,(H,19,20)(H,21,23)/t15-,16-/m0/s1. The van der Waals surface area contributed by atoms with Crippen LogP contribution in [0.25, 0.3) is 0 Å². The molecule has 1 fully saturated rings. The molecule has 2 aromatic rings. The first-order valence-electron chi connectivity index (χ1n) is 8.60. The lowest BCUT2D eigenvalue weighted by Crippen LogP contribution is -2.46. The van der Waals surface area contributed by atoms with Gasteiger partial charge in [0.15, 0.2) is 0 Å². The highest BCUT2D eigenvalue weighted by Gasteiger charge is 2.31. The summed E-state index contributed by atoms with van der Waals surface area (Å²) in [6.07, 6.45) is 7.68. The van der Waals surface area contributed by atoms with Crippen LogP contribution in [-0.2, 0) is 0 Å². The van der Waals surface area contributed by atoms with Crippen LogP contribution >= 0.6 is 0 Å². The van der Waals surface area contributed by atoms with Crippen molar-refractivity contribution in [1.82, 2.24) is 20.4 Å². The molecular weight excluding hydrogens is 304 g/mol. The van der Waals surface area contributed by atoms with E-state index in [0.29, 0.717) is 6.61 Å². The molecule has 0 spiro atoms. The summed E-state index contributed by atoms with van der Waals surface area (Å²) >= 11 is 0. The maximum absolute atomic E-state index is 12.9. The molecular formula is C18H22N4O2. The zero-order valence-electron chi connectivity index (χ0n) is 13.6. The Bertz CT molecular complexity index is 701. The molecule has 2 amide bonds. The lowest BCUT2D eigenvalue weighted by Gasteiger charge is -2.37. The van der Waals surface area contributed by atoms with Crippen molar-refractivity contribution in [1.29, 1.82) is 0 Å². The van der Waals surface area contributed by atoms with E-state index in [9.17, 15) is 4.79 Å². The Kier molecular flexibility index (Phi) is 4.11. The van der Waals surface area contributed by atoms with Gasteiger partial charge in [-0.1, -0.05) is 18.2 Å². The summed E-state index contributed by atoms with van der Waals surface area (Å²) < 4.78 is 5.68. The number of aromatic amines is 1. The Labute approximate surface area is 141 Å². The molecule has 2 aliphatic heterocycles. The lowest BCUT2D eigenvalue weighted by molar-refractivity contribution is 0.144. The van der Waals surface area contributed by atoms with Gasteiger partial charge in [-0.3, -0.25) is 5.10 Å². The van der Waals surface area contributed by atoms with Crippen molar-refractivity contribution in [3.8, 4) is 5.75 Å². The second kappa shape index (κ2) is 6.55. The third-order valence-corrected chi connectivity index (χ3v) is 4.92. The van der Waals surface area contributed by atoms with Crippen molar-refractivity contribution in [3.63, 3.8) is 0 Å². The molecule has 2 atom stereocenters. The van der Waals surface area contributed by atoms with Crippen molar-refractivity contribution in [3.05, 3.63) is 47.8 Å². The third-order valence-electron chi connectivity index (χ3n) is 4.92. The molecule has 3 heterocycles. The molecule has 126 valence electrons. The van der Waals surface area contributed by atoms with Crippen LogP contribution < -0.4 is 10.1 Å². The van der Waals surface area contributed by atoms with E-state index in [1.165, 1.54) is 0 Å². The smallest absolute Gasteiger partial charge is 0.318 e. The lowest BCUT2D eigenvalue weighted by atomic mass is 9.97. The average Bonchev–Trinajstić information content (AvgIpc) is 3.16. The molecule has 1 aromatic carbocycles. The van der Waals surface area contributed by atoms with Crippen LogP contribution in [0.1, 0.15) is 48.9 Å². The van der Waals surface area contributed by atoms with E-state index in [2.05, 4.69) is 15.5 Å². The van der Waals surface area contributed by atoms with Crippen molar-refractivity contribution in [2.75, 3.05) is 13.2 Å². The summed E-state index contributed by atoms with van der Waals surface area (Å²) in [6.45, 7) is 1.42. The number of nitrogens with one attached hydrogen (secondary N) is 2. The quantitative estimate of drug-likeness (QED) is 0.890. The molecule has 0 radical (unpaired) electrons. The summed E-state index contributed by atoms with van der Waals surface area (Å²) in [6, 6.07) is 8.06. The summed E-state index contributed by atoms with van der Waals surface area (Å²) in [4.78, 5) is 14.9. The summed E-state index contributed by atoms with van der Waals surface area (Å²) in [5.74, 6) is 0.874. The molecule has 0 saturated carbocycles. The Hall–Kier alpha value is -2.50. The van der Waals surface area contributed by atoms with E-state index in [1.54, 1.807) is 0 Å².